The number of halogens is 1. The first-order valence-electron chi connectivity index (χ1n) is 5.25. The van der Waals surface area contributed by atoms with Gasteiger partial charge in [-0.15, -0.1) is 11.6 Å². The highest BCUT2D eigenvalue weighted by Gasteiger charge is 2.05. The molecule has 90 valence electrons. The average molecular weight is 261 g/mol. The third-order valence-electron chi connectivity index (χ3n) is 2.07. The van der Waals surface area contributed by atoms with Crippen molar-refractivity contribution < 1.29 is 9.47 Å². The van der Waals surface area contributed by atoms with E-state index >= 15 is 0 Å². The lowest BCUT2D eigenvalue weighted by Gasteiger charge is -2.11. The van der Waals surface area contributed by atoms with E-state index in [0.717, 1.165) is 28.6 Å². The van der Waals surface area contributed by atoms with Gasteiger partial charge in [0.05, 0.1) is 13.7 Å². The molecule has 0 atom stereocenters. The van der Waals surface area contributed by atoms with E-state index < -0.39 is 0 Å². The minimum absolute atomic E-state index is 0.490. The van der Waals surface area contributed by atoms with Crippen molar-refractivity contribution in [1.29, 1.82) is 0 Å². The van der Waals surface area contributed by atoms with Crippen LogP contribution >= 0.6 is 23.4 Å². The van der Waals surface area contributed by atoms with Gasteiger partial charge in [0.25, 0.3) is 0 Å². The number of thioether (sulfide) groups is 1. The van der Waals surface area contributed by atoms with Gasteiger partial charge in [0.2, 0.25) is 0 Å². The lowest BCUT2D eigenvalue weighted by molar-refractivity contribution is 0.313. The summed E-state index contributed by atoms with van der Waals surface area (Å²) in [5.74, 6) is 4.13. The first-order valence-corrected chi connectivity index (χ1v) is 6.94. The van der Waals surface area contributed by atoms with Crippen molar-refractivity contribution in [3.05, 3.63) is 23.8 Å². The SMILES string of the molecule is CCSCCOc1cc(CCl)ccc1OC. The zero-order valence-corrected chi connectivity index (χ0v) is 11.2. The van der Waals surface area contributed by atoms with Gasteiger partial charge in [0, 0.05) is 11.6 Å². The van der Waals surface area contributed by atoms with E-state index in [1.54, 1.807) is 7.11 Å². The van der Waals surface area contributed by atoms with Crippen LogP contribution in [0.1, 0.15) is 12.5 Å². The molecule has 0 heterocycles. The Labute approximate surface area is 106 Å². The van der Waals surface area contributed by atoms with Crippen LogP contribution in [-0.2, 0) is 5.88 Å². The fourth-order valence-electron chi connectivity index (χ4n) is 1.27. The highest BCUT2D eigenvalue weighted by atomic mass is 35.5. The van der Waals surface area contributed by atoms with Crippen LogP contribution in [-0.4, -0.2) is 25.2 Å². The van der Waals surface area contributed by atoms with E-state index in [0.29, 0.717) is 12.5 Å². The predicted molar refractivity (Wildman–Crippen MR) is 71.0 cm³/mol. The van der Waals surface area contributed by atoms with Gasteiger partial charge in [-0.2, -0.15) is 11.8 Å². The minimum Gasteiger partial charge on any atom is -0.493 e. The number of benzene rings is 1. The normalized spacial score (nSPS) is 10.2. The van der Waals surface area contributed by atoms with Gasteiger partial charge < -0.3 is 9.47 Å². The van der Waals surface area contributed by atoms with Crippen LogP contribution in [0.4, 0.5) is 0 Å². The molecule has 0 unspecified atom stereocenters. The van der Waals surface area contributed by atoms with Crippen LogP contribution < -0.4 is 9.47 Å². The maximum absolute atomic E-state index is 5.78. The molecule has 0 amide bonds. The van der Waals surface area contributed by atoms with Gasteiger partial charge in [-0.05, 0) is 23.4 Å². The van der Waals surface area contributed by atoms with E-state index in [2.05, 4.69) is 6.92 Å². The van der Waals surface area contributed by atoms with E-state index in [1.807, 2.05) is 30.0 Å². The van der Waals surface area contributed by atoms with Crippen molar-refractivity contribution in [3.63, 3.8) is 0 Å². The van der Waals surface area contributed by atoms with Crippen molar-refractivity contribution in [3.8, 4) is 11.5 Å². The molecular formula is C12H17ClO2S. The molecule has 4 heteroatoms. The van der Waals surface area contributed by atoms with Gasteiger partial charge in [-0.3, -0.25) is 0 Å². The smallest absolute Gasteiger partial charge is 0.161 e. The molecular weight excluding hydrogens is 244 g/mol. The summed E-state index contributed by atoms with van der Waals surface area (Å²) in [6, 6.07) is 5.77. The minimum atomic E-state index is 0.490. The van der Waals surface area contributed by atoms with Crippen molar-refractivity contribution in [2.24, 2.45) is 0 Å². The summed E-state index contributed by atoms with van der Waals surface area (Å²) in [4.78, 5) is 0. The molecule has 2 nitrogen and oxygen atoms in total. The molecule has 0 aromatic heterocycles. The Bertz CT molecular complexity index is 318. The fraction of sp³-hybridized carbons (Fsp3) is 0.500. The number of methoxy groups -OCH3 is 1. The summed E-state index contributed by atoms with van der Waals surface area (Å²) in [5, 5.41) is 0. The Kier molecular flexibility index (Phi) is 6.50. The van der Waals surface area contributed by atoms with Crippen LogP contribution in [0.2, 0.25) is 0 Å². The molecule has 1 aromatic carbocycles. The third-order valence-corrected chi connectivity index (χ3v) is 3.24. The number of ether oxygens (including phenoxy) is 2. The molecule has 0 radical (unpaired) electrons. The van der Waals surface area contributed by atoms with Crippen molar-refractivity contribution in [2.75, 3.05) is 25.2 Å². The summed E-state index contributed by atoms with van der Waals surface area (Å²) >= 11 is 7.64. The summed E-state index contributed by atoms with van der Waals surface area (Å²) < 4.78 is 10.9. The molecule has 0 bridgehead atoms. The van der Waals surface area contributed by atoms with Crippen LogP contribution in [0.15, 0.2) is 18.2 Å². The second-order valence-corrected chi connectivity index (χ2v) is 4.83. The fourth-order valence-corrected chi connectivity index (χ4v) is 1.93. The number of hydrogen-bond acceptors (Lipinski definition) is 3. The van der Waals surface area contributed by atoms with Crippen LogP contribution in [0.25, 0.3) is 0 Å². The summed E-state index contributed by atoms with van der Waals surface area (Å²) in [5.41, 5.74) is 1.04. The molecule has 16 heavy (non-hydrogen) atoms. The second kappa shape index (κ2) is 7.69. The first kappa shape index (κ1) is 13.5. The molecule has 1 rings (SSSR count). The summed E-state index contributed by atoms with van der Waals surface area (Å²) in [6.45, 7) is 2.83. The van der Waals surface area contributed by atoms with Gasteiger partial charge >= 0.3 is 0 Å². The van der Waals surface area contributed by atoms with E-state index in [9.17, 15) is 0 Å². The largest absolute Gasteiger partial charge is 0.493 e. The van der Waals surface area contributed by atoms with Crippen LogP contribution in [0, 0.1) is 0 Å². The van der Waals surface area contributed by atoms with Crippen molar-refractivity contribution in [1.82, 2.24) is 0 Å². The molecule has 0 aliphatic carbocycles. The molecule has 0 saturated heterocycles. The second-order valence-electron chi connectivity index (χ2n) is 3.16. The van der Waals surface area contributed by atoms with Gasteiger partial charge in [-0.1, -0.05) is 13.0 Å². The maximum atomic E-state index is 5.78. The number of hydrogen-bond donors (Lipinski definition) is 0. The standard InChI is InChI=1S/C12H17ClO2S/c1-3-16-7-6-15-12-8-10(9-13)4-5-11(12)14-2/h4-5,8H,3,6-7,9H2,1-2H3. The summed E-state index contributed by atoms with van der Waals surface area (Å²) in [7, 11) is 1.64. The monoisotopic (exact) mass is 260 g/mol. The number of alkyl halides is 1. The first-order chi connectivity index (χ1) is 7.81. The molecule has 1 aromatic rings. The highest BCUT2D eigenvalue weighted by molar-refractivity contribution is 7.99. The van der Waals surface area contributed by atoms with Crippen LogP contribution in [0.5, 0.6) is 11.5 Å². The Morgan fingerprint density at radius 2 is 2.12 bits per heavy atom. The van der Waals surface area contributed by atoms with Gasteiger partial charge in [0.1, 0.15) is 0 Å². The Morgan fingerprint density at radius 3 is 2.75 bits per heavy atom. The highest BCUT2D eigenvalue weighted by Crippen LogP contribution is 2.28. The molecule has 0 aliphatic heterocycles. The third kappa shape index (κ3) is 4.14. The molecule has 0 N–H and O–H groups in total. The predicted octanol–water partition coefficient (Wildman–Crippen LogP) is 3.57. The van der Waals surface area contributed by atoms with Crippen molar-refractivity contribution in [2.45, 2.75) is 12.8 Å². The molecule has 0 aliphatic rings. The van der Waals surface area contributed by atoms with E-state index in [1.165, 1.54) is 0 Å². The van der Waals surface area contributed by atoms with Crippen molar-refractivity contribution >= 4 is 23.4 Å². The molecule has 0 spiro atoms. The summed E-state index contributed by atoms with van der Waals surface area (Å²) in [6.07, 6.45) is 0. The zero-order valence-electron chi connectivity index (χ0n) is 9.66. The average Bonchev–Trinajstić information content (AvgIpc) is 2.34. The lowest BCUT2D eigenvalue weighted by atomic mass is 10.2. The Morgan fingerprint density at radius 1 is 1.31 bits per heavy atom. The van der Waals surface area contributed by atoms with Gasteiger partial charge in [0.15, 0.2) is 11.5 Å². The zero-order chi connectivity index (χ0) is 11.8. The van der Waals surface area contributed by atoms with Gasteiger partial charge in [-0.25, -0.2) is 0 Å². The Balaban J connectivity index is 2.60. The molecule has 0 saturated carbocycles. The Hall–Kier alpha value is -0.540. The van der Waals surface area contributed by atoms with E-state index in [-0.39, 0.29) is 0 Å². The topological polar surface area (TPSA) is 18.5 Å². The maximum Gasteiger partial charge on any atom is 0.161 e. The molecule has 0 fully saturated rings. The van der Waals surface area contributed by atoms with E-state index in [4.69, 9.17) is 21.1 Å². The van der Waals surface area contributed by atoms with Crippen LogP contribution in [0.3, 0.4) is 0 Å². The quantitative estimate of drug-likeness (QED) is 0.552. The lowest BCUT2D eigenvalue weighted by Crippen LogP contribution is -2.02. The number of rotatable bonds is 7.